The van der Waals surface area contributed by atoms with Crippen LogP contribution >= 0.6 is 38.9 Å². The van der Waals surface area contributed by atoms with Gasteiger partial charge in [0, 0.05) is 11.6 Å². The largest absolute Gasteiger partial charge is 0.444 e. The Morgan fingerprint density at radius 3 is 3.00 bits per heavy atom. The van der Waals surface area contributed by atoms with Gasteiger partial charge in [-0.3, -0.25) is 9.69 Å². The Morgan fingerprint density at radius 2 is 2.28 bits per heavy atom. The van der Waals surface area contributed by atoms with Gasteiger partial charge in [-0.2, -0.15) is 0 Å². The fourth-order valence-corrected chi connectivity index (χ4v) is 4.36. The zero-order valence-electron chi connectivity index (χ0n) is 13.1. The first-order chi connectivity index (χ1) is 12.1. The van der Waals surface area contributed by atoms with Gasteiger partial charge in [-0.15, -0.1) is 0 Å². The van der Waals surface area contributed by atoms with Crippen molar-refractivity contribution in [2.75, 3.05) is 18.1 Å². The minimum atomic E-state index is -0.230. The molecule has 1 amide bonds. The number of anilines is 1. The van der Waals surface area contributed by atoms with Crippen LogP contribution in [0.15, 0.2) is 39.4 Å². The third-order valence-electron chi connectivity index (χ3n) is 4.01. The van der Waals surface area contributed by atoms with Gasteiger partial charge in [-0.05, 0) is 59.1 Å². The Hall–Kier alpha value is -1.41. The number of fused-ring (bicyclic) bond motifs is 1. The van der Waals surface area contributed by atoms with E-state index in [4.69, 9.17) is 20.8 Å². The monoisotopic (exact) mass is 440 g/mol. The van der Waals surface area contributed by atoms with E-state index >= 15 is 0 Å². The summed E-state index contributed by atoms with van der Waals surface area (Å²) in [7, 11) is 0. The number of amides is 1. The van der Waals surface area contributed by atoms with Gasteiger partial charge in [0.25, 0.3) is 5.91 Å². The van der Waals surface area contributed by atoms with Gasteiger partial charge in [0.05, 0.1) is 22.9 Å². The SMILES string of the molecule is O=C(c1ccc(Br)o1)N(CC1CCCO1)c1nc2ccc(Cl)cc2s1. The number of thiazole rings is 1. The Balaban J connectivity index is 1.70. The van der Waals surface area contributed by atoms with E-state index < -0.39 is 0 Å². The van der Waals surface area contributed by atoms with Crippen LogP contribution in [0.5, 0.6) is 0 Å². The molecule has 1 unspecified atom stereocenters. The zero-order chi connectivity index (χ0) is 17.4. The van der Waals surface area contributed by atoms with Gasteiger partial charge >= 0.3 is 0 Å². The molecule has 4 rings (SSSR count). The smallest absolute Gasteiger partial charge is 0.295 e. The van der Waals surface area contributed by atoms with Crippen molar-refractivity contribution in [3.8, 4) is 0 Å². The van der Waals surface area contributed by atoms with E-state index in [2.05, 4.69) is 20.9 Å². The Morgan fingerprint density at radius 1 is 1.40 bits per heavy atom. The lowest BCUT2D eigenvalue weighted by molar-refractivity contribution is 0.0894. The second kappa shape index (κ2) is 7.07. The molecule has 3 heterocycles. The summed E-state index contributed by atoms with van der Waals surface area (Å²) >= 11 is 10.7. The molecule has 2 aromatic heterocycles. The number of carbonyl (C=O) groups is 1. The molecular weight excluding hydrogens is 428 g/mol. The first kappa shape index (κ1) is 17.0. The molecule has 0 saturated carbocycles. The Labute approximate surface area is 161 Å². The minimum absolute atomic E-state index is 0.0120. The lowest BCUT2D eigenvalue weighted by Gasteiger charge is -2.22. The molecule has 0 N–H and O–H groups in total. The van der Waals surface area contributed by atoms with Crippen molar-refractivity contribution in [1.82, 2.24) is 4.98 Å². The van der Waals surface area contributed by atoms with Crippen molar-refractivity contribution in [2.45, 2.75) is 18.9 Å². The van der Waals surface area contributed by atoms with E-state index in [1.54, 1.807) is 23.1 Å². The lowest BCUT2D eigenvalue weighted by atomic mass is 10.2. The zero-order valence-corrected chi connectivity index (χ0v) is 16.2. The Kier molecular flexibility index (Phi) is 4.82. The van der Waals surface area contributed by atoms with Crippen LogP contribution in [0.25, 0.3) is 10.2 Å². The van der Waals surface area contributed by atoms with Crippen LogP contribution in [-0.4, -0.2) is 30.1 Å². The van der Waals surface area contributed by atoms with E-state index in [0.29, 0.717) is 21.4 Å². The molecule has 25 heavy (non-hydrogen) atoms. The molecule has 1 atom stereocenters. The molecule has 0 spiro atoms. The predicted octanol–water partition coefficient (Wildman–Crippen LogP) is 5.13. The third-order valence-corrected chi connectivity index (χ3v) is 5.71. The molecule has 130 valence electrons. The summed E-state index contributed by atoms with van der Waals surface area (Å²) in [6, 6.07) is 8.87. The highest BCUT2D eigenvalue weighted by molar-refractivity contribution is 9.10. The number of carbonyl (C=O) groups excluding carboxylic acids is 1. The number of hydrogen-bond donors (Lipinski definition) is 0. The molecule has 8 heteroatoms. The van der Waals surface area contributed by atoms with Crippen LogP contribution in [0.1, 0.15) is 23.4 Å². The lowest BCUT2D eigenvalue weighted by Crippen LogP contribution is -2.37. The van der Waals surface area contributed by atoms with E-state index in [1.165, 1.54) is 11.3 Å². The Bertz CT molecular complexity index is 920. The van der Waals surface area contributed by atoms with Crippen molar-refractivity contribution in [2.24, 2.45) is 0 Å². The molecule has 1 aliphatic heterocycles. The fourth-order valence-electron chi connectivity index (χ4n) is 2.80. The number of furan rings is 1. The number of aromatic nitrogens is 1. The summed E-state index contributed by atoms with van der Waals surface area (Å²) in [5.74, 6) is 0.0357. The van der Waals surface area contributed by atoms with Crippen molar-refractivity contribution in [3.05, 3.63) is 45.8 Å². The second-order valence-corrected chi connectivity index (χ2v) is 7.99. The first-order valence-electron chi connectivity index (χ1n) is 7.85. The average Bonchev–Trinajstić information content (AvgIpc) is 3.31. The van der Waals surface area contributed by atoms with E-state index in [-0.39, 0.29) is 17.8 Å². The molecule has 1 aromatic carbocycles. The van der Waals surface area contributed by atoms with Crippen LogP contribution in [0.2, 0.25) is 5.02 Å². The van der Waals surface area contributed by atoms with E-state index in [9.17, 15) is 4.79 Å². The standard InChI is InChI=1S/C17H14BrClN2O3S/c18-15-6-5-13(24-15)16(22)21(9-11-2-1-7-23-11)17-20-12-4-3-10(19)8-14(12)25-17/h3-6,8,11H,1-2,7,9H2. The van der Waals surface area contributed by atoms with Gasteiger partial charge in [0.1, 0.15) is 0 Å². The van der Waals surface area contributed by atoms with Crippen molar-refractivity contribution >= 4 is 60.1 Å². The van der Waals surface area contributed by atoms with Crippen molar-refractivity contribution < 1.29 is 13.9 Å². The van der Waals surface area contributed by atoms with Crippen LogP contribution in [0, 0.1) is 0 Å². The summed E-state index contributed by atoms with van der Waals surface area (Å²) in [6.07, 6.45) is 1.95. The molecule has 3 aromatic rings. The van der Waals surface area contributed by atoms with Gasteiger partial charge < -0.3 is 9.15 Å². The molecule has 0 bridgehead atoms. The molecule has 1 saturated heterocycles. The maximum Gasteiger partial charge on any atom is 0.295 e. The van der Waals surface area contributed by atoms with E-state index in [1.807, 2.05) is 12.1 Å². The average molecular weight is 442 g/mol. The summed E-state index contributed by atoms with van der Waals surface area (Å²) in [5.41, 5.74) is 0.815. The molecule has 5 nitrogen and oxygen atoms in total. The normalized spacial score (nSPS) is 17.3. The number of rotatable bonds is 4. The van der Waals surface area contributed by atoms with E-state index in [0.717, 1.165) is 29.7 Å². The molecule has 1 fully saturated rings. The number of halogens is 2. The number of nitrogens with zero attached hydrogens (tertiary/aromatic N) is 2. The quantitative estimate of drug-likeness (QED) is 0.563. The van der Waals surface area contributed by atoms with Crippen LogP contribution < -0.4 is 4.90 Å². The van der Waals surface area contributed by atoms with Crippen molar-refractivity contribution in [3.63, 3.8) is 0 Å². The van der Waals surface area contributed by atoms with Crippen LogP contribution in [0.4, 0.5) is 5.13 Å². The molecule has 0 radical (unpaired) electrons. The molecular formula is C17H14BrClN2O3S. The van der Waals surface area contributed by atoms with Gasteiger partial charge in [-0.25, -0.2) is 4.98 Å². The van der Waals surface area contributed by atoms with Gasteiger partial charge in [-0.1, -0.05) is 22.9 Å². The summed E-state index contributed by atoms with van der Waals surface area (Å²) < 4.78 is 12.6. The summed E-state index contributed by atoms with van der Waals surface area (Å²) in [5, 5.41) is 1.26. The third kappa shape index (κ3) is 3.60. The highest BCUT2D eigenvalue weighted by atomic mass is 79.9. The highest BCUT2D eigenvalue weighted by Crippen LogP contribution is 2.32. The molecule has 0 aliphatic carbocycles. The van der Waals surface area contributed by atoms with Crippen LogP contribution in [-0.2, 0) is 4.74 Å². The van der Waals surface area contributed by atoms with Gasteiger partial charge in [0.15, 0.2) is 15.6 Å². The van der Waals surface area contributed by atoms with Crippen molar-refractivity contribution in [1.29, 1.82) is 0 Å². The fraction of sp³-hybridized carbons (Fsp3) is 0.294. The van der Waals surface area contributed by atoms with Gasteiger partial charge in [0.2, 0.25) is 0 Å². The second-order valence-electron chi connectivity index (χ2n) is 5.76. The summed E-state index contributed by atoms with van der Waals surface area (Å²) in [6.45, 7) is 1.18. The maximum absolute atomic E-state index is 13.0. The van der Waals surface area contributed by atoms with Crippen LogP contribution in [0.3, 0.4) is 0 Å². The first-order valence-corrected chi connectivity index (χ1v) is 9.84. The number of ether oxygens (including phenoxy) is 1. The highest BCUT2D eigenvalue weighted by Gasteiger charge is 2.28. The summed E-state index contributed by atoms with van der Waals surface area (Å²) in [4.78, 5) is 19.2. The number of benzene rings is 1. The predicted molar refractivity (Wildman–Crippen MR) is 102 cm³/mol. The topological polar surface area (TPSA) is 55.6 Å². The number of hydrogen-bond acceptors (Lipinski definition) is 5. The minimum Gasteiger partial charge on any atom is -0.444 e. The maximum atomic E-state index is 13.0. The molecule has 1 aliphatic rings.